The van der Waals surface area contributed by atoms with Gasteiger partial charge in [-0.2, -0.15) is 0 Å². The van der Waals surface area contributed by atoms with Crippen LogP contribution in [0.25, 0.3) is 0 Å². The van der Waals surface area contributed by atoms with Gasteiger partial charge in [-0.25, -0.2) is 0 Å². The van der Waals surface area contributed by atoms with Crippen molar-refractivity contribution in [3.05, 3.63) is 0 Å². The molecule has 0 unspecified atom stereocenters. The fourth-order valence-electron chi connectivity index (χ4n) is 1.65. The molecule has 1 heteroatoms. The summed E-state index contributed by atoms with van der Waals surface area (Å²) in [4.78, 5) is 11.4. The first-order chi connectivity index (χ1) is 5.19. The van der Waals surface area contributed by atoms with Crippen LogP contribution in [0.1, 0.15) is 39.5 Å². The summed E-state index contributed by atoms with van der Waals surface area (Å²) in [5.41, 5.74) is -0.108. The highest BCUT2D eigenvalue weighted by Gasteiger charge is 2.34. The van der Waals surface area contributed by atoms with E-state index in [-0.39, 0.29) is 11.2 Å². The van der Waals surface area contributed by atoms with Crippen molar-refractivity contribution in [2.75, 3.05) is 0 Å². The van der Waals surface area contributed by atoms with Crippen molar-refractivity contribution >= 4 is 5.78 Å². The van der Waals surface area contributed by atoms with Crippen molar-refractivity contribution < 1.29 is 4.79 Å². The predicted molar refractivity (Wildman–Crippen MR) is 45.0 cm³/mol. The van der Waals surface area contributed by atoms with Gasteiger partial charge < -0.3 is 0 Å². The van der Waals surface area contributed by atoms with Crippen LogP contribution in [0.4, 0.5) is 0 Å². The summed E-state index contributed by atoms with van der Waals surface area (Å²) < 4.78 is 0. The highest BCUT2D eigenvalue weighted by molar-refractivity contribution is 5.99. The predicted octanol–water partition coefficient (Wildman–Crippen LogP) is 2.16. The lowest BCUT2D eigenvalue weighted by atomic mass is 9.84. The molecule has 0 aliphatic heterocycles. The lowest BCUT2D eigenvalue weighted by Crippen LogP contribution is -2.22. The summed E-state index contributed by atoms with van der Waals surface area (Å²) >= 11 is 0. The van der Waals surface area contributed by atoms with Gasteiger partial charge in [0.1, 0.15) is 0 Å². The number of Topliss-reactive ketones (excluding diaryl/α,β-unsaturated/α-hetero) is 1. The van der Waals surface area contributed by atoms with Gasteiger partial charge in [-0.15, -0.1) is 0 Å². The first-order valence-electron chi connectivity index (χ1n) is 4.16. The molecule has 0 radical (unpaired) electrons. The maximum absolute atomic E-state index is 11.4. The zero-order valence-corrected chi connectivity index (χ0v) is 7.24. The van der Waals surface area contributed by atoms with Gasteiger partial charge in [0.2, 0.25) is 5.78 Å². The normalized spacial score (nSPS) is 20.5. The smallest absolute Gasteiger partial charge is 0.211 e. The molecule has 0 N–H and O–H groups in total. The number of hydrogen-bond acceptors (Lipinski definition) is 1. The van der Waals surface area contributed by atoms with E-state index in [2.05, 4.69) is 11.8 Å². The van der Waals surface area contributed by atoms with Crippen LogP contribution >= 0.6 is 0 Å². The standard InChI is InChI=1S/C10H14O/c1-3-6-9(11)10(2)7-4-5-8-10/h4-5,7-8H2,1-2H3. The average molecular weight is 150 g/mol. The van der Waals surface area contributed by atoms with Crippen molar-refractivity contribution in [3.63, 3.8) is 0 Å². The summed E-state index contributed by atoms with van der Waals surface area (Å²) in [5.74, 6) is 5.45. The van der Waals surface area contributed by atoms with E-state index in [4.69, 9.17) is 0 Å². The Hall–Kier alpha value is -0.770. The maximum Gasteiger partial charge on any atom is 0.211 e. The molecule has 0 aromatic heterocycles. The molecule has 11 heavy (non-hydrogen) atoms. The third-order valence-electron chi connectivity index (χ3n) is 2.49. The molecule has 0 spiro atoms. The van der Waals surface area contributed by atoms with E-state index in [0.29, 0.717) is 0 Å². The first kappa shape index (κ1) is 8.33. The zero-order chi connectivity index (χ0) is 8.32. The van der Waals surface area contributed by atoms with Gasteiger partial charge in [-0.3, -0.25) is 4.79 Å². The quantitative estimate of drug-likeness (QED) is 0.413. The number of rotatable bonds is 1. The number of ketones is 1. The second kappa shape index (κ2) is 3.09. The van der Waals surface area contributed by atoms with Gasteiger partial charge in [0.25, 0.3) is 0 Å². The lowest BCUT2D eigenvalue weighted by molar-refractivity contribution is -0.121. The van der Waals surface area contributed by atoms with Crippen molar-refractivity contribution in [2.24, 2.45) is 5.41 Å². The molecular weight excluding hydrogens is 136 g/mol. The summed E-state index contributed by atoms with van der Waals surface area (Å²) in [7, 11) is 0. The molecular formula is C10H14O. The van der Waals surface area contributed by atoms with Gasteiger partial charge >= 0.3 is 0 Å². The number of hydrogen-bond donors (Lipinski definition) is 0. The van der Waals surface area contributed by atoms with E-state index in [1.807, 2.05) is 6.92 Å². The third-order valence-corrected chi connectivity index (χ3v) is 2.49. The van der Waals surface area contributed by atoms with Crippen LogP contribution in [0.15, 0.2) is 0 Å². The Morgan fingerprint density at radius 3 is 2.36 bits per heavy atom. The van der Waals surface area contributed by atoms with Gasteiger partial charge in [0.05, 0.1) is 0 Å². The number of carbonyl (C=O) groups excluding carboxylic acids is 1. The molecule has 0 heterocycles. The van der Waals surface area contributed by atoms with E-state index in [1.54, 1.807) is 6.92 Å². The highest BCUT2D eigenvalue weighted by atomic mass is 16.1. The van der Waals surface area contributed by atoms with Crippen LogP contribution in [0, 0.1) is 17.3 Å². The molecule has 60 valence electrons. The highest BCUT2D eigenvalue weighted by Crippen LogP contribution is 2.37. The van der Waals surface area contributed by atoms with E-state index in [0.717, 1.165) is 12.8 Å². The molecule has 1 aliphatic rings. The summed E-state index contributed by atoms with van der Waals surface area (Å²) in [5, 5.41) is 0. The molecule has 0 atom stereocenters. The van der Waals surface area contributed by atoms with Crippen LogP contribution < -0.4 is 0 Å². The van der Waals surface area contributed by atoms with Gasteiger partial charge in [0.15, 0.2) is 0 Å². The Labute approximate surface area is 68.2 Å². The van der Waals surface area contributed by atoms with Crippen molar-refractivity contribution in [3.8, 4) is 11.8 Å². The molecule has 0 amide bonds. The molecule has 1 fully saturated rings. The van der Waals surface area contributed by atoms with Crippen LogP contribution in [-0.4, -0.2) is 5.78 Å². The van der Waals surface area contributed by atoms with Crippen LogP contribution in [0.5, 0.6) is 0 Å². The molecule has 1 saturated carbocycles. The Kier molecular flexibility index (Phi) is 2.34. The maximum atomic E-state index is 11.4. The largest absolute Gasteiger partial charge is 0.284 e. The summed E-state index contributed by atoms with van der Waals surface area (Å²) in [6.07, 6.45) is 4.43. The Bertz CT molecular complexity index is 211. The van der Waals surface area contributed by atoms with Crippen molar-refractivity contribution in [1.82, 2.24) is 0 Å². The topological polar surface area (TPSA) is 17.1 Å². The van der Waals surface area contributed by atoms with Crippen LogP contribution in [0.2, 0.25) is 0 Å². The first-order valence-corrected chi connectivity index (χ1v) is 4.16. The van der Waals surface area contributed by atoms with Crippen LogP contribution in [-0.2, 0) is 4.79 Å². The van der Waals surface area contributed by atoms with E-state index in [9.17, 15) is 4.79 Å². The summed E-state index contributed by atoms with van der Waals surface area (Å²) in [6, 6.07) is 0. The minimum Gasteiger partial charge on any atom is -0.284 e. The minimum absolute atomic E-state index is 0.108. The second-order valence-corrected chi connectivity index (χ2v) is 3.47. The van der Waals surface area contributed by atoms with E-state index in [1.165, 1.54) is 12.8 Å². The van der Waals surface area contributed by atoms with Gasteiger partial charge in [-0.05, 0) is 25.7 Å². The van der Waals surface area contributed by atoms with Gasteiger partial charge in [-0.1, -0.05) is 25.7 Å². The monoisotopic (exact) mass is 150 g/mol. The third kappa shape index (κ3) is 1.63. The summed E-state index contributed by atoms with van der Waals surface area (Å²) in [6.45, 7) is 3.75. The van der Waals surface area contributed by atoms with Crippen molar-refractivity contribution in [1.29, 1.82) is 0 Å². The number of carbonyl (C=O) groups is 1. The molecule has 1 nitrogen and oxygen atoms in total. The fraction of sp³-hybridized carbons (Fsp3) is 0.700. The Balaban J connectivity index is 2.69. The zero-order valence-electron chi connectivity index (χ0n) is 7.24. The SMILES string of the molecule is CC#CC(=O)C1(C)CCCC1. The molecule has 1 aliphatic carbocycles. The Morgan fingerprint density at radius 1 is 1.36 bits per heavy atom. The molecule has 0 saturated heterocycles. The van der Waals surface area contributed by atoms with E-state index < -0.39 is 0 Å². The Morgan fingerprint density at radius 2 is 1.91 bits per heavy atom. The van der Waals surface area contributed by atoms with Crippen molar-refractivity contribution in [2.45, 2.75) is 39.5 Å². The lowest BCUT2D eigenvalue weighted by Gasteiger charge is -2.17. The van der Waals surface area contributed by atoms with Gasteiger partial charge in [0, 0.05) is 5.41 Å². The second-order valence-electron chi connectivity index (χ2n) is 3.47. The molecule has 0 aromatic carbocycles. The van der Waals surface area contributed by atoms with E-state index >= 15 is 0 Å². The molecule has 0 aromatic rings. The fourth-order valence-corrected chi connectivity index (χ4v) is 1.65. The van der Waals surface area contributed by atoms with Crippen LogP contribution in [0.3, 0.4) is 0 Å². The average Bonchev–Trinajstić information content (AvgIpc) is 2.38. The molecule has 1 rings (SSSR count). The molecule has 0 bridgehead atoms. The minimum atomic E-state index is -0.108.